The molecule has 0 bridgehead atoms. The standard InChI is InChI=1S/C12H13N3O2S/c1-9-13-14-12(17-9)18-8-11(16)15(2)10-6-4-3-5-7-10/h3-7H,8H2,1-2H3. The molecule has 5 nitrogen and oxygen atoms in total. The Labute approximate surface area is 109 Å². The summed E-state index contributed by atoms with van der Waals surface area (Å²) in [5.74, 6) is 0.760. The first-order chi connectivity index (χ1) is 8.66. The zero-order valence-electron chi connectivity index (χ0n) is 10.2. The van der Waals surface area contributed by atoms with Gasteiger partial charge in [0.2, 0.25) is 11.8 Å². The van der Waals surface area contributed by atoms with Crippen LogP contribution in [0.1, 0.15) is 5.89 Å². The van der Waals surface area contributed by atoms with Crippen molar-refractivity contribution in [3.05, 3.63) is 36.2 Å². The van der Waals surface area contributed by atoms with E-state index in [0.29, 0.717) is 11.1 Å². The molecule has 18 heavy (non-hydrogen) atoms. The molecule has 1 aromatic carbocycles. The lowest BCUT2D eigenvalue weighted by molar-refractivity contribution is -0.115. The molecule has 2 aromatic rings. The van der Waals surface area contributed by atoms with Gasteiger partial charge in [-0.25, -0.2) is 0 Å². The van der Waals surface area contributed by atoms with Crippen molar-refractivity contribution in [2.24, 2.45) is 0 Å². The summed E-state index contributed by atoms with van der Waals surface area (Å²) < 4.78 is 5.19. The van der Waals surface area contributed by atoms with Crippen LogP contribution >= 0.6 is 11.8 Å². The van der Waals surface area contributed by atoms with Crippen molar-refractivity contribution in [2.45, 2.75) is 12.1 Å². The molecule has 1 aromatic heterocycles. The molecular weight excluding hydrogens is 250 g/mol. The van der Waals surface area contributed by atoms with Gasteiger partial charge in [-0.05, 0) is 12.1 Å². The molecule has 0 spiro atoms. The molecule has 0 fully saturated rings. The highest BCUT2D eigenvalue weighted by molar-refractivity contribution is 7.99. The predicted molar refractivity (Wildman–Crippen MR) is 69.6 cm³/mol. The van der Waals surface area contributed by atoms with Crippen molar-refractivity contribution in [2.75, 3.05) is 17.7 Å². The van der Waals surface area contributed by atoms with E-state index in [1.165, 1.54) is 11.8 Å². The van der Waals surface area contributed by atoms with E-state index in [1.807, 2.05) is 30.3 Å². The number of carbonyl (C=O) groups excluding carboxylic acids is 1. The molecule has 1 amide bonds. The van der Waals surface area contributed by atoms with Crippen LogP contribution in [0.15, 0.2) is 40.0 Å². The average Bonchev–Trinajstić information content (AvgIpc) is 2.82. The van der Waals surface area contributed by atoms with Gasteiger partial charge >= 0.3 is 0 Å². The molecule has 0 saturated heterocycles. The molecule has 0 aliphatic heterocycles. The lowest BCUT2D eigenvalue weighted by Gasteiger charge is -2.16. The molecule has 0 aliphatic rings. The molecule has 94 valence electrons. The minimum atomic E-state index is -0.0120. The van der Waals surface area contributed by atoms with Gasteiger partial charge in [0.25, 0.3) is 5.22 Å². The number of para-hydroxylation sites is 1. The number of aryl methyl sites for hydroxylation is 1. The van der Waals surface area contributed by atoms with Crippen LogP contribution in [0.2, 0.25) is 0 Å². The van der Waals surface area contributed by atoms with Gasteiger partial charge in [0.05, 0.1) is 5.75 Å². The van der Waals surface area contributed by atoms with Crippen molar-refractivity contribution in [3.63, 3.8) is 0 Å². The number of aromatic nitrogens is 2. The van der Waals surface area contributed by atoms with Crippen molar-refractivity contribution in [1.82, 2.24) is 10.2 Å². The number of hydrogen-bond donors (Lipinski definition) is 0. The van der Waals surface area contributed by atoms with Crippen molar-refractivity contribution >= 4 is 23.4 Å². The Morgan fingerprint density at radius 3 is 2.67 bits per heavy atom. The zero-order valence-corrected chi connectivity index (χ0v) is 11.0. The van der Waals surface area contributed by atoms with Crippen LogP contribution in [0.25, 0.3) is 0 Å². The van der Waals surface area contributed by atoms with Crippen LogP contribution in [-0.4, -0.2) is 28.9 Å². The number of hydrogen-bond acceptors (Lipinski definition) is 5. The first kappa shape index (κ1) is 12.6. The maximum Gasteiger partial charge on any atom is 0.277 e. The maximum atomic E-state index is 11.9. The van der Waals surface area contributed by atoms with E-state index in [1.54, 1.807) is 18.9 Å². The minimum absolute atomic E-state index is 0.0120. The van der Waals surface area contributed by atoms with Crippen LogP contribution in [0.5, 0.6) is 0 Å². The molecule has 0 N–H and O–H groups in total. The molecule has 0 atom stereocenters. The second-order valence-electron chi connectivity index (χ2n) is 3.66. The third kappa shape index (κ3) is 3.10. The third-order valence-electron chi connectivity index (χ3n) is 2.34. The summed E-state index contributed by atoms with van der Waals surface area (Å²) in [6.45, 7) is 1.72. The van der Waals surface area contributed by atoms with Crippen molar-refractivity contribution in [1.29, 1.82) is 0 Å². The van der Waals surface area contributed by atoms with Crippen LogP contribution < -0.4 is 4.90 Å². The number of carbonyl (C=O) groups is 1. The summed E-state index contributed by atoms with van der Waals surface area (Å²) in [6.07, 6.45) is 0. The van der Waals surface area contributed by atoms with Gasteiger partial charge in [0.1, 0.15) is 0 Å². The first-order valence-electron chi connectivity index (χ1n) is 5.41. The number of amides is 1. The minimum Gasteiger partial charge on any atom is -0.416 e. The van der Waals surface area contributed by atoms with Gasteiger partial charge < -0.3 is 9.32 Å². The smallest absolute Gasteiger partial charge is 0.277 e. The Balaban J connectivity index is 1.92. The predicted octanol–water partition coefficient (Wildman–Crippen LogP) is 2.13. The van der Waals surface area contributed by atoms with Gasteiger partial charge in [-0.3, -0.25) is 4.79 Å². The fourth-order valence-electron chi connectivity index (χ4n) is 1.35. The molecule has 6 heteroatoms. The van der Waals surface area contributed by atoms with Crippen LogP contribution in [-0.2, 0) is 4.79 Å². The zero-order chi connectivity index (χ0) is 13.0. The van der Waals surface area contributed by atoms with Crippen LogP contribution in [0.4, 0.5) is 5.69 Å². The Bertz CT molecular complexity index is 527. The molecule has 0 radical (unpaired) electrons. The number of anilines is 1. The van der Waals surface area contributed by atoms with Crippen molar-refractivity contribution < 1.29 is 9.21 Å². The number of rotatable bonds is 4. The highest BCUT2D eigenvalue weighted by atomic mass is 32.2. The molecule has 2 rings (SSSR count). The van der Waals surface area contributed by atoms with E-state index in [0.717, 1.165) is 5.69 Å². The van der Waals surface area contributed by atoms with E-state index < -0.39 is 0 Å². The number of nitrogens with zero attached hydrogens (tertiary/aromatic N) is 3. The number of thioether (sulfide) groups is 1. The number of benzene rings is 1. The molecule has 0 aliphatic carbocycles. The third-order valence-corrected chi connectivity index (χ3v) is 3.15. The molecule has 0 saturated carbocycles. The van der Waals surface area contributed by atoms with Crippen LogP contribution in [0, 0.1) is 6.92 Å². The van der Waals surface area contributed by atoms with E-state index in [4.69, 9.17) is 4.42 Å². The average molecular weight is 263 g/mol. The molecular formula is C12H13N3O2S. The first-order valence-corrected chi connectivity index (χ1v) is 6.40. The fourth-order valence-corrected chi connectivity index (χ4v) is 2.07. The summed E-state index contributed by atoms with van der Waals surface area (Å²) in [5, 5.41) is 7.95. The summed E-state index contributed by atoms with van der Waals surface area (Å²) in [5.41, 5.74) is 0.866. The van der Waals surface area contributed by atoms with E-state index in [-0.39, 0.29) is 11.7 Å². The summed E-state index contributed by atoms with van der Waals surface area (Å²) >= 11 is 1.24. The Hall–Kier alpha value is -1.82. The summed E-state index contributed by atoms with van der Waals surface area (Å²) in [7, 11) is 1.75. The molecule has 0 unspecified atom stereocenters. The lowest BCUT2D eigenvalue weighted by Crippen LogP contribution is -2.27. The largest absolute Gasteiger partial charge is 0.416 e. The Morgan fingerprint density at radius 2 is 2.06 bits per heavy atom. The topological polar surface area (TPSA) is 59.2 Å². The van der Waals surface area contributed by atoms with Gasteiger partial charge in [-0.2, -0.15) is 0 Å². The highest BCUT2D eigenvalue weighted by Gasteiger charge is 2.13. The Morgan fingerprint density at radius 1 is 1.33 bits per heavy atom. The summed E-state index contributed by atoms with van der Waals surface area (Å²) in [6, 6.07) is 9.48. The van der Waals surface area contributed by atoms with Gasteiger partial charge in [-0.1, -0.05) is 30.0 Å². The second-order valence-corrected chi connectivity index (χ2v) is 4.59. The second kappa shape index (κ2) is 5.68. The maximum absolute atomic E-state index is 11.9. The Kier molecular flexibility index (Phi) is 3.99. The monoisotopic (exact) mass is 263 g/mol. The SMILES string of the molecule is Cc1nnc(SCC(=O)N(C)c2ccccc2)o1. The fraction of sp³-hybridized carbons (Fsp3) is 0.250. The highest BCUT2D eigenvalue weighted by Crippen LogP contribution is 2.18. The normalized spacial score (nSPS) is 10.3. The lowest BCUT2D eigenvalue weighted by atomic mass is 10.3. The van der Waals surface area contributed by atoms with E-state index in [2.05, 4.69) is 10.2 Å². The van der Waals surface area contributed by atoms with Crippen molar-refractivity contribution in [3.8, 4) is 0 Å². The van der Waals surface area contributed by atoms with Gasteiger partial charge in [0.15, 0.2) is 0 Å². The van der Waals surface area contributed by atoms with Gasteiger partial charge in [-0.15, -0.1) is 10.2 Å². The summed E-state index contributed by atoms with van der Waals surface area (Å²) in [4.78, 5) is 13.5. The van der Waals surface area contributed by atoms with Gasteiger partial charge in [0, 0.05) is 19.7 Å². The van der Waals surface area contributed by atoms with E-state index >= 15 is 0 Å². The van der Waals surface area contributed by atoms with E-state index in [9.17, 15) is 4.79 Å². The molecule has 1 heterocycles. The quantitative estimate of drug-likeness (QED) is 0.791. The van der Waals surface area contributed by atoms with Crippen LogP contribution in [0.3, 0.4) is 0 Å².